The fraction of sp³-hybridized carbons (Fsp3) is 0.312. The lowest BCUT2D eigenvalue weighted by Crippen LogP contribution is -2.44. The summed E-state index contributed by atoms with van der Waals surface area (Å²) in [6, 6.07) is 7.64. The molecular formula is C16H16FN3O2. The highest BCUT2D eigenvalue weighted by Crippen LogP contribution is 2.17. The number of halogens is 1. The van der Waals surface area contributed by atoms with E-state index in [1.807, 2.05) is 0 Å². The van der Waals surface area contributed by atoms with Crippen molar-refractivity contribution >= 4 is 5.91 Å². The zero-order valence-corrected chi connectivity index (χ0v) is 12.0. The van der Waals surface area contributed by atoms with E-state index in [-0.39, 0.29) is 17.8 Å². The summed E-state index contributed by atoms with van der Waals surface area (Å²) in [4.78, 5) is 22.2. The van der Waals surface area contributed by atoms with Crippen LogP contribution in [0.3, 0.4) is 0 Å². The van der Waals surface area contributed by atoms with Crippen molar-refractivity contribution in [1.29, 1.82) is 0 Å². The molecule has 1 aromatic carbocycles. The molecule has 0 bridgehead atoms. The van der Waals surface area contributed by atoms with Gasteiger partial charge in [-0.25, -0.2) is 14.4 Å². The van der Waals surface area contributed by atoms with E-state index in [4.69, 9.17) is 4.74 Å². The third-order valence-corrected chi connectivity index (χ3v) is 3.57. The van der Waals surface area contributed by atoms with Gasteiger partial charge in [0.15, 0.2) is 0 Å². The van der Waals surface area contributed by atoms with Gasteiger partial charge in [-0.2, -0.15) is 0 Å². The van der Waals surface area contributed by atoms with E-state index >= 15 is 0 Å². The first-order chi connectivity index (χ1) is 10.7. The molecule has 0 saturated carbocycles. The third kappa shape index (κ3) is 3.39. The van der Waals surface area contributed by atoms with Crippen molar-refractivity contribution in [2.24, 2.45) is 0 Å². The second-order valence-electron chi connectivity index (χ2n) is 5.17. The highest BCUT2D eigenvalue weighted by molar-refractivity contribution is 5.94. The second kappa shape index (κ2) is 6.51. The molecule has 0 unspecified atom stereocenters. The Bertz CT molecular complexity index is 634. The number of piperidine rings is 1. The zero-order valence-electron chi connectivity index (χ0n) is 12.0. The summed E-state index contributed by atoms with van der Waals surface area (Å²) in [5, 5.41) is 0. The van der Waals surface area contributed by atoms with Gasteiger partial charge in [0.1, 0.15) is 11.9 Å². The molecule has 1 amide bonds. The average Bonchev–Trinajstić information content (AvgIpc) is 2.56. The summed E-state index contributed by atoms with van der Waals surface area (Å²) in [5.74, 6) is -0.458. The standard InChI is InChI=1S/C16H16FN3O2/c17-13-6-4-12(5-7-13)15(21)20-10-1-3-14(11-20)22-16-18-8-2-9-19-16/h2,4-9,14H,1,3,10-11H2/t14-/m0/s1. The van der Waals surface area contributed by atoms with Gasteiger partial charge >= 0.3 is 6.01 Å². The minimum atomic E-state index is -0.349. The number of carbonyl (C=O) groups is 1. The fourth-order valence-corrected chi connectivity index (χ4v) is 2.49. The minimum Gasteiger partial charge on any atom is -0.458 e. The second-order valence-corrected chi connectivity index (χ2v) is 5.17. The molecule has 0 spiro atoms. The third-order valence-electron chi connectivity index (χ3n) is 3.57. The van der Waals surface area contributed by atoms with Gasteiger partial charge in [0.05, 0.1) is 6.54 Å². The van der Waals surface area contributed by atoms with Crippen LogP contribution in [0, 0.1) is 5.82 Å². The van der Waals surface area contributed by atoms with E-state index in [9.17, 15) is 9.18 Å². The van der Waals surface area contributed by atoms with Crippen LogP contribution in [-0.2, 0) is 0 Å². The highest BCUT2D eigenvalue weighted by atomic mass is 19.1. The molecule has 114 valence electrons. The van der Waals surface area contributed by atoms with E-state index in [1.165, 1.54) is 24.3 Å². The van der Waals surface area contributed by atoms with E-state index in [0.717, 1.165) is 12.8 Å². The van der Waals surface area contributed by atoms with Gasteiger partial charge in [0.2, 0.25) is 0 Å². The Morgan fingerprint density at radius 1 is 1.23 bits per heavy atom. The topological polar surface area (TPSA) is 55.3 Å². The molecule has 1 aliphatic rings. The van der Waals surface area contributed by atoms with Crippen LogP contribution < -0.4 is 4.74 Å². The van der Waals surface area contributed by atoms with Gasteiger partial charge in [0, 0.05) is 24.5 Å². The summed E-state index contributed by atoms with van der Waals surface area (Å²) in [6.07, 6.45) is 4.82. The molecule has 1 atom stereocenters. The Labute approximate surface area is 127 Å². The molecule has 2 heterocycles. The molecule has 0 radical (unpaired) electrons. The molecule has 1 aliphatic heterocycles. The highest BCUT2D eigenvalue weighted by Gasteiger charge is 2.26. The maximum atomic E-state index is 12.9. The number of hydrogen-bond donors (Lipinski definition) is 0. The smallest absolute Gasteiger partial charge is 0.316 e. The van der Waals surface area contributed by atoms with Crippen LogP contribution in [-0.4, -0.2) is 40.0 Å². The van der Waals surface area contributed by atoms with Gasteiger partial charge in [-0.05, 0) is 43.2 Å². The molecule has 22 heavy (non-hydrogen) atoms. The van der Waals surface area contributed by atoms with Gasteiger partial charge in [-0.15, -0.1) is 0 Å². The summed E-state index contributed by atoms with van der Waals surface area (Å²) in [6.45, 7) is 1.15. The molecule has 3 rings (SSSR count). The van der Waals surface area contributed by atoms with Crippen LogP contribution in [0.1, 0.15) is 23.2 Å². The van der Waals surface area contributed by atoms with Crippen LogP contribution >= 0.6 is 0 Å². The summed E-state index contributed by atoms with van der Waals surface area (Å²) < 4.78 is 18.7. The molecule has 0 aliphatic carbocycles. The van der Waals surface area contributed by atoms with E-state index in [0.29, 0.717) is 24.7 Å². The molecule has 1 fully saturated rings. The summed E-state index contributed by atoms with van der Waals surface area (Å²) >= 11 is 0. The van der Waals surface area contributed by atoms with Gasteiger partial charge in [0.25, 0.3) is 5.91 Å². The predicted octanol–water partition coefficient (Wildman–Crippen LogP) is 2.30. The number of rotatable bonds is 3. The van der Waals surface area contributed by atoms with Gasteiger partial charge in [-0.3, -0.25) is 4.79 Å². The normalized spacial score (nSPS) is 18.0. The first kappa shape index (κ1) is 14.4. The fourth-order valence-electron chi connectivity index (χ4n) is 2.49. The van der Waals surface area contributed by atoms with Crippen molar-refractivity contribution in [3.05, 3.63) is 54.1 Å². The number of aromatic nitrogens is 2. The van der Waals surface area contributed by atoms with Crippen LogP contribution in [0.15, 0.2) is 42.7 Å². The molecule has 0 N–H and O–H groups in total. The lowest BCUT2D eigenvalue weighted by Gasteiger charge is -2.32. The van der Waals surface area contributed by atoms with Crippen LogP contribution in [0.25, 0.3) is 0 Å². The molecule has 5 nitrogen and oxygen atoms in total. The SMILES string of the molecule is O=C(c1ccc(F)cc1)N1CCC[C@H](Oc2ncccn2)C1. The van der Waals surface area contributed by atoms with E-state index < -0.39 is 0 Å². The Morgan fingerprint density at radius 2 is 1.95 bits per heavy atom. The Hall–Kier alpha value is -2.50. The zero-order chi connectivity index (χ0) is 15.4. The van der Waals surface area contributed by atoms with Crippen molar-refractivity contribution in [1.82, 2.24) is 14.9 Å². The first-order valence-electron chi connectivity index (χ1n) is 7.21. The molecule has 2 aromatic rings. The minimum absolute atomic E-state index is 0.109. The number of amides is 1. The molecule has 1 aromatic heterocycles. The lowest BCUT2D eigenvalue weighted by molar-refractivity contribution is 0.0516. The van der Waals surface area contributed by atoms with Crippen molar-refractivity contribution in [2.75, 3.05) is 13.1 Å². The van der Waals surface area contributed by atoms with E-state index in [1.54, 1.807) is 23.4 Å². The first-order valence-corrected chi connectivity index (χ1v) is 7.21. The molecule has 1 saturated heterocycles. The average molecular weight is 301 g/mol. The number of likely N-dealkylation sites (tertiary alicyclic amines) is 1. The maximum Gasteiger partial charge on any atom is 0.316 e. The van der Waals surface area contributed by atoms with Crippen molar-refractivity contribution in [3.8, 4) is 6.01 Å². The van der Waals surface area contributed by atoms with Gasteiger partial charge in [-0.1, -0.05) is 0 Å². The number of carbonyl (C=O) groups excluding carboxylic acids is 1. The van der Waals surface area contributed by atoms with Crippen molar-refractivity contribution in [2.45, 2.75) is 18.9 Å². The van der Waals surface area contributed by atoms with Crippen molar-refractivity contribution < 1.29 is 13.9 Å². The number of hydrogen-bond acceptors (Lipinski definition) is 4. The Morgan fingerprint density at radius 3 is 2.68 bits per heavy atom. The maximum absolute atomic E-state index is 12.9. The number of nitrogens with zero attached hydrogens (tertiary/aromatic N) is 3. The van der Waals surface area contributed by atoms with Gasteiger partial charge < -0.3 is 9.64 Å². The summed E-state index contributed by atoms with van der Waals surface area (Å²) in [5.41, 5.74) is 0.484. The number of ether oxygens (including phenoxy) is 1. The largest absolute Gasteiger partial charge is 0.458 e. The number of benzene rings is 1. The Balaban J connectivity index is 1.65. The van der Waals surface area contributed by atoms with E-state index in [2.05, 4.69) is 9.97 Å². The van der Waals surface area contributed by atoms with Crippen LogP contribution in [0.5, 0.6) is 6.01 Å². The van der Waals surface area contributed by atoms with Crippen LogP contribution in [0.2, 0.25) is 0 Å². The predicted molar refractivity (Wildman–Crippen MR) is 78.0 cm³/mol. The van der Waals surface area contributed by atoms with Crippen LogP contribution in [0.4, 0.5) is 4.39 Å². The molecule has 6 heteroatoms. The molecular weight excluding hydrogens is 285 g/mol. The monoisotopic (exact) mass is 301 g/mol. The quantitative estimate of drug-likeness (QED) is 0.873. The lowest BCUT2D eigenvalue weighted by atomic mass is 10.1. The summed E-state index contributed by atoms with van der Waals surface area (Å²) in [7, 11) is 0. The van der Waals surface area contributed by atoms with Crippen molar-refractivity contribution in [3.63, 3.8) is 0 Å². The Kier molecular flexibility index (Phi) is 4.27.